The Bertz CT molecular complexity index is 669. The van der Waals surface area contributed by atoms with Crippen molar-refractivity contribution in [2.24, 2.45) is 0 Å². The third-order valence-corrected chi connectivity index (χ3v) is 5.29. The lowest BCUT2D eigenvalue weighted by molar-refractivity contribution is 0.438. The minimum Gasteiger partial charge on any atom is -0.381 e. The molecule has 0 unspecified atom stereocenters. The average molecular weight is 288 g/mol. The lowest BCUT2D eigenvalue weighted by atomic mass is 10.0. The highest BCUT2D eigenvalue weighted by atomic mass is 32.2. The molecule has 2 aromatic rings. The highest BCUT2D eigenvalue weighted by Gasteiger charge is 2.30. The Morgan fingerprint density at radius 1 is 1.56 bits per heavy atom. The number of nitrogens with one attached hydrogen (secondary N) is 1. The van der Waals surface area contributed by atoms with Crippen LogP contribution in [0.4, 0.5) is 5.82 Å². The van der Waals surface area contributed by atoms with Gasteiger partial charge in [-0.1, -0.05) is 6.92 Å². The summed E-state index contributed by atoms with van der Waals surface area (Å²) in [6.07, 6.45) is 2.33. The molecule has 0 aliphatic rings. The largest absolute Gasteiger partial charge is 0.381 e. The summed E-state index contributed by atoms with van der Waals surface area (Å²) < 4.78 is 28.8. The van der Waals surface area contributed by atoms with E-state index in [0.717, 1.165) is 0 Å². The predicted molar refractivity (Wildman–Crippen MR) is 72.2 cm³/mol. The summed E-state index contributed by atoms with van der Waals surface area (Å²) in [5.41, 5.74) is 5.18. The fraction of sp³-hybridized carbons (Fsp3) is 0.500. The molecule has 0 amide bonds. The van der Waals surface area contributed by atoms with Crippen molar-refractivity contribution in [1.82, 2.24) is 14.1 Å². The molecule has 0 saturated heterocycles. The van der Waals surface area contributed by atoms with E-state index in [1.54, 1.807) is 11.6 Å². The summed E-state index contributed by atoms with van der Waals surface area (Å²) in [5.74, 6) is 0.0289. The maximum Gasteiger partial charge on any atom is 0.260 e. The number of nitrogen functional groups attached to an aromatic ring is 1. The van der Waals surface area contributed by atoms with Gasteiger partial charge in [-0.3, -0.25) is 4.40 Å². The van der Waals surface area contributed by atoms with Crippen LogP contribution in [-0.2, 0) is 10.0 Å². The van der Waals surface area contributed by atoms with Gasteiger partial charge in [0.25, 0.3) is 10.0 Å². The molecule has 8 heteroatoms. The quantitative estimate of drug-likeness (QED) is 0.891. The molecule has 0 radical (unpaired) electrons. The minimum atomic E-state index is -3.68. The second kappa shape index (κ2) is 4.22. The number of hydrogen-bond donors (Lipinski definition) is 2. The average Bonchev–Trinajstić information content (AvgIpc) is 2.74. The maximum atomic E-state index is 12.4. The molecule has 0 aromatic carbocycles. The standard InChI is InChI=1S/C10H16N4O2S2/c1-4-10(2,3)13-18(15,16)8-7(11)12-9-14(8)5-6-17-9/h5-6,13H,4,11H2,1-3H3. The summed E-state index contributed by atoms with van der Waals surface area (Å²) in [4.78, 5) is 4.61. The van der Waals surface area contributed by atoms with Crippen molar-refractivity contribution in [3.8, 4) is 0 Å². The van der Waals surface area contributed by atoms with Crippen LogP contribution in [0.3, 0.4) is 0 Å². The molecule has 0 aliphatic heterocycles. The van der Waals surface area contributed by atoms with Crippen molar-refractivity contribution in [3.05, 3.63) is 11.6 Å². The smallest absolute Gasteiger partial charge is 0.260 e. The third kappa shape index (κ3) is 2.23. The van der Waals surface area contributed by atoms with E-state index in [2.05, 4.69) is 9.71 Å². The lowest BCUT2D eigenvalue weighted by Crippen LogP contribution is -2.43. The van der Waals surface area contributed by atoms with Gasteiger partial charge in [-0.25, -0.2) is 18.1 Å². The molecular formula is C10H16N4O2S2. The zero-order chi connectivity index (χ0) is 13.6. The molecule has 18 heavy (non-hydrogen) atoms. The van der Waals surface area contributed by atoms with Crippen molar-refractivity contribution in [1.29, 1.82) is 0 Å². The Morgan fingerprint density at radius 3 is 2.83 bits per heavy atom. The number of fused-ring (bicyclic) bond motifs is 1. The van der Waals surface area contributed by atoms with E-state index in [0.29, 0.717) is 11.4 Å². The molecule has 2 aromatic heterocycles. The highest BCUT2D eigenvalue weighted by molar-refractivity contribution is 7.89. The van der Waals surface area contributed by atoms with Crippen LogP contribution in [0.1, 0.15) is 27.2 Å². The number of nitrogens with zero attached hydrogens (tertiary/aromatic N) is 2. The summed E-state index contributed by atoms with van der Waals surface area (Å²) in [6.45, 7) is 5.57. The number of rotatable bonds is 4. The second-order valence-electron chi connectivity index (χ2n) is 4.70. The maximum absolute atomic E-state index is 12.4. The Labute approximate surface area is 110 Å². The first-order chi connectivity index (χ1) is 8.27. The van der Waals surface area contributed by atoms with E-state index in [-0.39, 0.29) is 10.8 Å². The van der Waals surface area contributed by atoms with Gasteiger partial charge in [-0.05, 0) is 20.3 Å². The second-order valence-corrected chi connectivity index (χ2v) is 7.17. The predicted octanol–water partition coefficient (Wildman–Crippen LogP) is 1.44. The first kappa shape index (κ1) is 13.3. The minimum absolute atomic E-state index is 0.0141. The van der Waals surface area contributed by atoms with Crippen LogP contribution in [-0.4, -0.2) is 23.3 Å². The van der Waals surface area contributed by atoms with Gasteiger partial charge in [0.15, 0.2) is 15.8 Å². The summed E-state index contributed by atoms with van der Waals surface area (Å²) in [7, 11) is -3.68. The molecule has 0 aliphatic carbocycles. The summed E-state index contributed by atoms with van der Waals surface area (Å²) >= 11 is 1.34. The Kier molecular flexibility index (Phi) is 3.12. The molecule has 0 atom stereocenters. The first-order valence-electron chi connectivity index (χ1n) is 5.52. The molecule has 100 valence electrons. The van der Waals surface area contributed by atoms with Crippen molar-refractivity contribution in [2.75, 3.05) is 5.73 Å². The Hall–Kier alpha value is -1.12. The third-order valence-electron chi connectivity index (χ3n) is 2.79. The van der Waals surface area contributed by atoms with Crippen molar-refractivity contribution in [2.45, 2.75) is 37.8 Å². The molecule has 0 saturated carbocycles. The molecule has 0 spiro atoms. The van der Waals surface area contributed by atoms with Gasteiger partial charge in [0, 0.05) is 17.1 Å². The van der Waals surface area contributed by atoms with Crippen LogP contribution in [0, 0.1) is 0 Å². The SMILES string of the molecule is CCC(C)(C)NS(=O)(=O)c1c(N)nc2sccn12. The fourth-order valence-corrected chi connectivity index (χ4v) is 4.01. The van der Waals surface area contributed by atoms with Crippen molar-refractivity contribution in [3.63, 3.8) is 0 Å². The van der Waals surface area contributed by atoms with Crippen LogP contribution in [0.15, 0.2) is 16.6 Å². The lowest BCUT2D eigenvalue weighted by Gasteiger charge is -2.23. The Balaban J connectivity index is 2.53. The number of imidazole rings is 1. The van der Waals surface area contributed by atoms with Crippen molar-refractivity contribution >= 4 is 32.1 Å². The number of thiazole rings is 1. The fourth-order valence-electron chi connectivity index (χ4n) is 1.53. The first-order valence-corrected chi connectivity index (χ1v) is 7.88. The van der Waals surface area contributed by atoms with Gasteiger partial charge in [0.05, 0.1) is 0 Å². The van der Waals surface area contributed by atoms with Crippen LogP contribution < -0.4 is 10.5 Å². The van der Waals surface area contributed by atoms with Crippen LogP contribution in [0.5, 0.6) is 0 Å². The van der Waals surface area contributed by atoms with Gasteiger partial charge < -0.3 is 5.73 Å². The summed E-state index contributed by atoms with van der Waals surface area (Å²) in [6, 6.07) is 0. The van der Waals surface area contributed by atoms with Gasteiger partial charge in [-0.15, -0.1) is 11.3 Å². The topological polar surface area (TPSA) is 89.5 Å². The van der Waals surface area contributed by atoms with Crippen molar-refractivity contribution < 1.29 is 8.42 Å². The number of sulfonamides is 1. The van der Waals surface area contributed by atoms with Gasteiger partial charge in [0.1, 0.15) is 0 Å². The van der Waals surface area contributed by atoms with E-state index in [1.807, 2.05) is 20.8 Å². The van der Waals surface area contributed by atoms with Crippen LogP contribution in [0.2, 0.25) is 0 Å². The highest BCUT2D eigenvalue weighted by Crippen LogP contribution is 2.24. The normalized spacial score (nSPS) is 13.3. The zero-order valence-corrected chi connectivity index (χ0v) is 12.1. The molecule has 2 rings (SSSR count). The van der Waals surface area contributed by atoms with Gasteiger partial charge in [0.2, 0.25) is 0 Å². The van der Waals surface area contributed by atoms with Gasteiger partial charge >= 0.3 is 0 Å². The molecular weight excluding hydrogens is 272 g/mol. The zero-order valence-electron chi connectivity index (χ0n) is 10.5. The molecule has 2 heterocycles. The number of nitrogens with two attached hydrogens (primary N) is 1. The molecule has 0 fully saturated rings. The van der Waals surface area contributed by atoms with E-state index in [4.69, 9.17) is 5.73 Å². The van der Waals surface area contributed by atoms with Gasteiger partial charge in [-0.2, -0.15) is 0 Å². The Morgan fingerprint density at radius 2 is 2.22 bits per heavy atom. The number of anilines is 1. The number of hydrogen-bond acceptors (Lipinski definition) is 5. The molecule has 0 bridgehead atoms. The molecule has 3 N–H and O–H groups in total. The van der Waals surface area contributed by atoms with E-state index >= 15 is 0 Å². The van der Waals surface area contributed by atoms with Crippen LogP contribution >= 0.6 is 11.3 Å². The van der Waals surface area contributed by atoms with E-state index in [1.165, 1.54) is 15.7 Å². The summed E-state index contributed by atoms with van der Waals surface area (Å²) in [5, 5.41) is 1.78. The van der Waals surface area contributed by atoms with Crippen LogP contribution in [0.25, 0.3) is 4.96 Å². The molecule has 6 nitrogen and oxygen atoms in total. The monoisotopic (exact) mass is 288 g/mol. The van der Waals surface area contributed by atoms with E-state index in [9.17, 15) is 8.42 Å². The van der Waals surface area contributed by atoms with E-state index < -0.39 is 15.6 Å². The number of aromatic nitrogens is 2.